The van der Waals surface area contributed by atoms with Crippen molar-refractivity contribution in [3.05, 3.63) is 161 Å². The molecule has 294 valence electrons. The molecular formula is C57H55NS. The van der Waals surface area contributed by atoms with Crippen molar-refractivity contribution in [2.75, 3.05) is 4.90 Å². The Morgan fingerprint density at radius 1 is 0.508 bits per heavy atom. The fraction of sp³-hybridized carbons (Fsp3) is 0.368. The van der Waals surface area contributed by atoms with Gasteiger partial charge >= 0.3 is 0 Å². The lowest BCUT2D eigenvalue weighted by Gasteiger charge is -2.78. The Bertz CT molecular complexity index is 2790. The van der Waals surface area contributed by atoms with Crippen molar-refractivity contribution in [1.29, 1.82) is 0 Å². The molecule has 2 heteroatoms. The van der Waals surface area contributed by atoms with Crippen molar-refractivity contribution < 1.29 is 0 Å². The van der Waals surface area contributed by atoms with Crippen molar-refractivity contribution in [2.45, 2.75) is 112 Å². The SMILES string of the molecule is CC1(C)CCC(C)(C)c2cc(N(c3cc4c(c(-c5ccccc5)c3)C3(c5ccccc5S4)C4CC5CC6CC3C64C5)c3ccc4c(c3)C(C)(C)c3ccccc3-4)ccc21. The normalized spacial score (nSPS) is 29.6. The molecule has 6 unspecified atom stereocenters. The highest BCUT2D eigenvalue weighted by Gasteiger charge is 2.84. The average Bonchev–Trinajstić information content (AvgIpc) is 3.85. The Hall–Kier alpha value is -4.53. The molecule has 1 nitrogen and oxygen atoms in total. The molecular weight excluding hydrogens is 731 g/mol. The minimum absolute atomic E-state index is 0.0855. The lowest BCUT2D eigenvalue weighted by atomic mass is 9.26. The summed E-state index contributed by atoms with van der Waals surface area (Å²) in [7, 11) is 0. The second kappa shape index (κ2) is 11.4. The van der Waals surface area contributed by atoms with E-state index in [0.717, 1.165) is 23.7 Å². The van der Waals surface area contributed by atoms with Crippen LogP contribution in [0.3, 0.4) is 0 Å². The Morgan fingerprint density at radius 3 is 1.97 bits per heavy atom. The van der Waals surface area contributed by atoms with Gasteiger partial charge in [-0.3, -0.25) is 0 Å². The van der Waals surface area contributed by atoms with E-state index in [-0.39, 0.29) is 21.7 Å². The predicted octanol–water partition coefficient (Wildman–Crippen LogP) is 15.3. The van der Waals surface area contributed by atoms with Crippen LogP contribution in [-0.4, -0.2) is 0 Å². The molecule has 6 aromatic rings. The molecule has 2 bridgehead atoms. The van der Waals surface area contributed by atoms with E-state index >= 15 is 0 Å². The van der Waals surface area contributed by atoms with Crippen LogP contribution in [0.2, 0.25) is 0 Å². The number of hydrogen-bond acceptors (Lipinski definition) is 2. The number of fused-ring (bicyclic) bond motifs is 11. The van der Waals surface area contributed by atoms with Crippen LogP contribution in [0, 0.1) is 29.1 Å². The van der Waals surface area contributed by atoms with Gasteiger partial charge in [0.2, 0.25) is 0 Å². The van der Waals surface area contributed by atoms with Gasteiger partial charge in [0.25, 0.3) is 0 Å². The zero-order valence-electron chi connectivity index (χ0n) is 35.5. The van der Waals surface area contributed by atoms with Gasteiger partial charge in [-0.05, 0) is 177 Å². The van der Waals surface area contributed by atoms with Gasteiger partial charge in [0, 0.05) is 37.7 Å². The molecule has 0 amide bonds. The first kappa shape index (κ1) is 35.2. The third kappa shape index (κ3) is 4.30. The van der Waals surface area contributed by atoms with Crippen LogP contribution in [0.5, 0.6) is 0 Å². The van der Waals surface area contributed by atoms with Crippen LogP contribution in [-0.2, 0) is 21.7 Å². The highest BCUT2D eigenvalue weighted by atomic mass is 32.2. The molecule has 0 radical (unpaired) electrons. The average molecular weight is 786 g/mol. The van der Waals surface area contributed by atoms with Gasteiger partial charge in [-0.15, -0.1) is 0 Å². The van der Waals surface area contributed by atoms with Gasteiger partial charge in [0.05, 0.1) is 0 Å². The van der Waals surface area contributed by atoms with E-state index in [2.05, 4.69) is 174 Å². The monoisotopic (exact) mass is 785 g/mol. The second-order valence-corrected chi connectivity index (χ2v) is 22.7. The van der Waals surface area contributed by atoms with E-state index in [9.17, 15) is 0 Å². The van der Waals surface area contributed by atoms with Crippen molar-refractivity contribution in [3.63, 3.8) is 0 Å². The largest absolute Gasteiger partial charge is 0.310 e. The maximum Gasteiger partial charge on any atom is 0.0479 e. The topological polar surface area (TPSA) is 3.24 Å². The van der Waals surface area contributed by atoms with Crippen LogP contribution in [0.4, 0.5) is 17.1 Å². The van der Waals surface area contributed by atoms with Gasteiger partial charge in [0.15, 0.2) is 0 Å². The Morgan fingerprint density at radius 2 is 1.17 bits per heavy atom. The van der Waals surface area contributed by atoms with Crippen molar-refractivity contribution >= 4 is 28.8 Å². The van der Waals surface area contributed by atoms with Gasteiger partial charge in [-0.2, -0.15) is 0 Å². The van der Waals surface area contributed by atoms with Crippen molar-refractivity contribution in [1.82, 2.24) is 0 Å². The summed E-state index contributed by atoms with van der Waals surface area (Å²) in [5.41, 5.74) is 19.3. The van der Waals surface area contributed by atoms with Gasteiger partial charge < -0.3 is 4.90 Å². The Balaban J connectivity index is 1.07. The summed E-state index contributed by atoms with van der Waals surface area (Å²) in [5, 5.41) is 0. The summed E-state index contributed by atoms with van der Waals surface area (Å²) in [5.74, 6) is 3.36. The smallest absolute Gasteiger partial charge is 0.0479 e. The molecule has 1 heterocycles. The molecule has 59 heavy (non-hydrogen) atoms. The fourth-order valence-electron chi connectivity index (χ4n) is 15.2. The molecule has 2 spiro atoms. The summed E-state index contributed by atoms with van der Waals surface area (Å²) >= 11 is 2.04. The maximum atomic E-state index is 2.64. The second-order valence-electron chi connectivity index (χ2n) is 21.6. The van der Waals surface area contributed by atoms with Crippen LogP contribution < -0.4 is 4.90 Å². The molecule has 0 saturated heterocycles. The quantitative estimate of drug-likeness (QED) is 0.175. The zero-order chi connectivity index (χ0) is 39.8. The minimum Gasteiger partial charge on any atom is -0.310 e. The first-order valence-electron chi connectivity index (χ1n) is 22.6. The molecule has 7 aliphatic rings. The molecule has 6 aliphatic carbocycles. The number of hydrogen-bond donors (Lipinski definition) is 0. The number of benzene rings is 6. The molecule has 0 N–H and O–H groups in total. The summed E-state index contributed by atoms with van der Waals surface area (Å²) in [6.45, 7) is 14.7. The minimum atomic E-state index is -0.0893. The van der Waals surface area contributed by atoms with E-state index in [1.54, 1.807) is 11.1 Å². The van der Waals surface area contributed by atoms with E-state index < -0.39 is 0 Å². The van der Waals surface area contributed by atoms with E-state index in [4.69, 9.17) is 0 Å². The van der Waals surface area contributed by atoms with Crippen molar-refractivity contribution in [3.8, 4) is 22.3 Å². The Kier molecular flexibility index (Phi) is 6.83. The standard InChI is InChI=1S/C57H55NS/c1-53(2)24-25-54(3,4)47-31-38(21-23-44(47)53)58(37-20-22-41-40-16-10-11-17-43(40)55(5,6)46(41)30-37)39-29-42(35-14-8-7-9-15-35)52-49(32-39)59-48-19-13-12-18-45(48)57(52)50-27-34-26-36-28-51(57)56(36,50)33-34/h7-23,29-32,34,36,50-51H,24-28,33H2,1-6H3. The maximum absolute atomic E-state index is 2.64. The van der Waals surface area contributed by atoms with Crippen LogP contribution in [0.15, 0.2) is 137 Å². The Labute approximate surface area is 355 Å². The third-order valence-electron chi connectivity index (χ3n) is 17.8. The molecule has 1 aliphatic heterocycles. The number of nitrogens with zero attached hydrogens (tertiary/aromatic N) is 1. The summed E-state index contributed by atoms with van der Waals surface area (Å²) in [6.07, 6.45) is 8.19. The molecule has 6 aromatic carbocycles. The molecule has 6 atom stereocenters. The summed E-state index contributed by atoms with van der Waals surface area (Å²) < 4.78 is 0. The fourth-order valence-corrected chi connectivity index (χ4v) is 16.5. The highest BCUT2D eigenvalue weighted by molar-refractivity contribution is 7.99. The lowest BCUT2D eigenvalue weighted by Crippen LogP contribution is -2.74. The molecule has 13 rings (SSSR count). The van der Waals surface area contributed by atoms with Gasteiger partial charge in [-0.1, -0.05) is 138 Å². The zero-order valence-corrected chi connectivity index (χ0v) is 36.3. The van der Waals surface area contributed by atoms with E-state index in [1.807, 2.05) is 11.8 Å². The molecule has 4 saturated carbocycles. The molecule has 0 aromatic heterocycles. The number of anilines is 3. The summed E-state index contributed by atoms with van der Waals surface area (Å²) in [4.78, 5) is 5.59. The third-order valence-corrected chi connectivity index (χ3v) is 18.9. The summed E-state index contributed by atoms with van der Waals surface area (Å²) in [6, 6.07) is 50.3. The van der Waals surface area contributed by atoms with E-state index in [1.165, 1.54) is 110 Å². The van der Waals surface area contributed by atoms with Crippen molar-refractivity contribution in [2.24, 2.45) is 29.1 Å². The van der Waals surface area contributed by atoms with Gasteiger partial charge in [0.1, 0.15) is 0 Å². The highest BCUT2D eigenvalue weighted by Crippen LogP contribution is 2.89. The van der Waals surface area contributed by atoms with Crippen LogP contribution in [0.25, 0.3) is 22.3 Å². The van der Waals surface area contributed by atoms with Crippen LogP contribution in [0.1, 0.15) is 113 Å². The number of rotatable bonds is 4. The van der Waals surface area contributed by atoms with Crippen LogP contribution >= 0.6 is 11.8 Å². The lowest BCUT2D eigenvalue weighted by molar-refractivity contribution is -0.234. The predicted molar refractivity (Wildman–Crippen MR) is 246 cm³/mol. The van der Waals surface area contributed by atoms with E-state index in [0.29, 0.717) is 5.41 Å². The first-order valence-corrected chi connectivity index (χ1v) is 23.5. The van der Waals surface area contributed by atoms with Gasteiger partial charge in [-0.25, -0.2) is 0 Å². The molecule has 4 fully saturated rings. The first-order chi connectivity index (χ1) is 28.4.